The molecule has 18 heavy (non-hydrogen) atoms. The van der Waals surface area contributed by atoms with Gasteiger partial charge in [-0.3, -0.25) is 4.79 Å². The number of pyridine rings is 1. The fourth-order valence-corrected chi connectivity index (χ4v) is 2.53. The second-order valence-electron chi connectivity index (χ2n) is 4.76. The Bertz CT molecular complexity index is 415. The number of hydrogen-bond acceptors (Lipinski definition) is 4. The van der Waals surface area contributed by atoms with Gasteiger partial charge in [-0.2, -0.15) is 0 Å². The Hall–Kier alpha value is -1.62. The smallest absolute Gasteiger partial charge is 0.237 e. The summed E-state index contributed by atoms with van der Waals surface area (Å²) in [6, 6.07) is 4.21. The van der Waals surface area contributed by atoms with Crippen molar-refractivity contribution in [2.75, 3.05) is 11.4 Å². The molecule has 0 radical (unpaired) electrons. The predicted octanol–water partition coefficient (Wildman–Crippen LogP) is 0.775. The van der Waals surface area contributed by atoms with Crippen LogP contribution in [0.15, 0.2) is 18.3 Å². The lowest BCUT2D eigenvalue weighted by Crippen LogP contribution is -2.40. The zero-order chi connectivity index (χ0) is 13.0. The Morgan fingerprint density at radius 1 is 1.44 bits per heavy atom. The van der Waals surface area contributed by atoms with Crippen molar-refractivity contribution in [1.82, 2.24) is 4.98 Å². The SMILES string of the molecule is NCc1ccnc(N(CC(N)=O)C2CCCC2)c1. The lowest BCUT2D eigenvalue weighted by atomic mass is 10.2. The van der Waals surface area contributed by atoms with Crippen LogP contribution in [0.1, 0.15) is 31.2 Å². The van der Waals surface area contributed by atoms with E-state index >= 15 is 0 Å². The van der Waals surface area contributed by atoms with Crippen molar-refractivity contribution >= 4 is 11.7 Å². The standard InChI is InChI=1S/C13H20N4O/c14-8-10-5-6-16-13(7-10)17(9-12(15)18)11-3-1-2-4-11/h5-7,11H,1-4,8-9,14H2,(H2,15,18). The van der Waals surface area contributed by atoms with Crippen molar-refractivity contribution < 1.29 is 4.79 Å². The van der Waals surface area contributed by atoms with Crippen LogP contribution in [-0.4, -0.2) is 23.5 Å². The first-order valence-electron chi connectivity index (χ1n) is 6.40. The van der Waals surface area contributed by atoms with Gasteiger partial charge in [0.25, 0.3) is 0 Å². The Morgan fingerprint density at radius 3 is 2.78 bits per heavy atom. The number of aromatic nitrogens is 1. The summed E-state index contributed by atoms with van der Waals surface area (Å²) in [5.74, 6) is 0.491. The number of amides is 1. The number of rotatable bonds is 5. The average molecular weight is 248 g/mol. The maximum Gasteiger partial charge on any atom is 0.237 e. The number of primary amides is 1. The number of nitrogens with two attached hydrogens (primary N) is 2. The van der Waals surface area contributed by atoms with Gasteiger partial charge in [0.05, 0.1) is 6.54 Å². The molecule has 98 valence electrons. The third kappa shape index (κ3) is 2.98. The van der Waals surface area contributed by atoms with E-state index in [4.69, 9.17) is 11.5 Å². The summed E-state index contributed by atoms with van der Waals surface area (Å²) in [4.78, 5) is 17.6. The average Bonchev–Trinajstić information content (AvgIpc) is 2.89. The molecule has 2 rings (SSSR count). The van der Waals surface area contributed by atoms with Crippen molar-refractivity contribution in [3.63, 3.8) is 0 Å². The highest BCUT2D eigenvalue weighted by molar-refractivity contribution is 5.79. The highest BCUT2D eigenvalue weighted by atomic mass is 16.1. The molecule has 0 aromatic carbocycles. The molecule has 1 fully saturated rings. The molecule has 0 bridgehead atoms. The minimum Gasteiger partial charge on any atom is -0.368 e. The number of hydrogen-bond donors (Lipinski definition) is 2. The molecule has 4 N–H and O–H groups in total. The summed E-state index contributed by atoms with van der Waals surface area (Å²) in [6.07, 6.45) is 6.34. The molecule has 5 nitrogen and oxygen atoms in total. The second-order valence-corrected chi connectivity index (χ2v) is 4.76. The van der Waals surface area contributed by atoms with Crippen LogP contribution in [0.2, 0.25) is 0 Å². The molecule has 0 unspecified atom stereocenters. The van der Waals surface area contributed by atoms with Crippen molar-refractivity contribution in [2.24, 2.45) is 11.5 Å². The van der Waals surface area contributed by atoms with E-state index in [1.165, 1.54) is 12.8 Å². The topological polar surface area (TPSA) is 85.2 Å². The van der Waals surface area contributed by atoms with Gasteiger partial charge in [0.2, 0.25) is 5.91 Å². The molecule has 1 saturated carbocycles. The largest absolute Gasteiger partial charge is 0.368 e. The molecule has 0 aliphatic heterocycles. The van der Waals surface area contributed by atoms with Gasteiger partial charge in [-0.1, -0.05) is 12.8 Å². The third-order valence-corrected chi connectivity index (χ3v) is 3.43. The van der Waals surface area contributed by atoms with Crippen molar-refractivity contribution in [3.05, 3.63) is 23.9 Å². The first kappa shape index (κ1) is 12.8. The minimum absolute atomic E-state index is 0.228. The van der Waals surface area contributed by atoms with E-state index < -0.39 is 0 Å². The van der Waals surface area contributed by atoms with Gasteiger partial charge in [-0.15, -0.1) is 0 Å². The van der Waals surface area contributed by atoms with Gasteiger partial charge in [0.1, 0.15) is 5.82 Å². The van der Waals surface area contributed by atoms with Gasteiger partial charge in [-0.05, 0) is 30.5 Å². The van der Waals surface area contributed by atoms with E-state index in [0.29, 0.717) is 12.6 Å². The first-order valence-corrected chi connectivity index (χ1v) is 6.40. The third-order valence-electron chi connectivity index (χ3n) is 3.43. The van der Waals surface area contributed by atoms with Crippen molar-refractivity contribution in [3.8, 4) is 0 Å². The lowest BCUT2D eigenvalue weighted by Gasteiger charge is -2.29. The lowest BCUT2D eigenvalue weighted by molar-refractivity contribution is -0.116. The Kier molecular flexibility index (Phi) is 4.15. The fourth-order valence-electron chi connectivity index (χ4n) is 2.53. The normalized spacial score (nSPS) is 15.8. The molecule has 1 aromatic rings. The molecule has 1 heterocycles. The van der Waals surface area contributed by atoms with Gasteiger partial charge in [0, 0.05) is 18.8 Å². The van der Waals surface area contributed by atoms with E-state index in [1.54, 1.807) is 6.20 Å². The minimum atomic E-state index is -0.318. The summed E-state index contributed by atoms with van der Waals surface area (Å²) < 4.78 is 0. The molecule has 0 atom stereocenters. The van der Waals surface area contributed by atoms with Crippen LogP contribution < -0.4 is 16.4 Å². The van der Waals surface area contributed by atoms with Crippen LogP contribution in [0.25, 0.3) is 0 Å². The highest BCUT2D eigenvalue weighted by Crippen LogP contribution is 2.27. The summed E-state index contributed by atoms with van der Waals surface area (Å²) in [6.45, 7) is 0.705. The monoisotopic (exact) mass is 248 g/mol. The van der Waals surface area contributed by atoms with Gasteiger partial charge < -0.3 is 16.4 Å². The zero-order valence-electron chi connectivity index (χ0n) is 10.5. The second kappa shape index (κ2) is 5.82. The first-order chi connectivity index (χ1) is 8.70. The van der Waals surface area contributed by atoms with E-state index in [9.17, 15) is 4.79 Å². The van der Waals surface area contributed by atoms with Crippen LogP contribution in [-0.2, 0) is 11.3 Å². The maximum atomic E-state index is 11.2. The highest BCUT2D eigenvalue weighted by Gasteiger charge is 2.24. The molecule has 5 heteroatoms. The Labute approximate surface area is 107 Å². The fraction of sp³-hybridized carbons (Fsp3) is 0.538. The quantitative estimate of drug-likeness (QED) is 0.806. The summed E-state index contributed by atoms with van der Waals surface area (Å²) in [5.41, 5.74) is 12.0. The van der Waals surface area contributed by atoms with Crippen LogP contribution in [0.4, 0.5) is 5.82 Å². The van der Waals surface area contributed by atoms with E-state index in [1.807, 2.05) is 17.0 Å². The molecular weight excluding hydrogens is 228 g/mol. The number of carbonyl (C=O) groups is 1. The van der Waals surface area contributed by atoms with Crippen LogP contribution in [0, 0.1) is 0 Å². The molecule has 1 aliphatic rings. The molecule has 1 aromatic heterocycles. The maximum absolute atomic E-state index is 11.2. The van der Waals surface area contributed by atoms with Gasteiger partial charge >= 0.3 is 0 Å². The molecular formula is C13H20N4O. The summed E-state index contributed by atoms with van der Waals surface area (Å²) >= 11 is 0. The molecule has 1 amide bonds. The number of carbonyl (C=O) groups excluding carboxylic acids is 1. The van der Waals surface area contributed by atoms with Crippen molar-refractivity contribution in [2.45, 2.75) is 38.3 Å². The molecule has 0 saturated heterocycles. The summed E-state index contributed by atoms with van der Waals surface area (Å²) in [5, 5.41) is 0. The number of anilines is 1. The van der Waals surface area contributed by atoms with Crippen LogP contribution >= 0.6 is 0 Å². The van der Waals surface area contributed by atoms with E-state index in [-0.39, 0.29) is 12.5 Å². The number of nitrogens with zero attached hydrogens (tertiary/aromatic N) is 2. The predicted molar refractivity (Wildman–Crippen MR) is 70.9 cm³/mol. The Morgan fingerprint density at radius 2 is 2.17 bits per heavy atom. The van der Waals surface area contributed by atoms with Crippen LogP contribution in [0.5, 0.6) is 0 Å². The molecule has 1 aliphatic carbocycles. The van der Waals surface area contributed by atoms with Crippen molar-refractivity contribution in [1.29, 1.82) is 0 Å². The zero-order valence-corrected chi connectivity index (χ0v) is 10.5. The Balaban J connectivity index is 2.23. The summed E-state index contributed by atoms with van der Waals surface area (Å²) in [7, 11) is 0. The van der Waals surface area contributed by atoms with Crippen LogP contribution in [0.3, 0.4) is 0 Å². The molecule has 0 spiro atoms. The van der Waals surface area contributed by atoms with Gasteiger partial charge in [0.15, 0.2) is 0 Å². The van der Waals surface area contributed by atoms with E-state index in [2.05, 4.69) is 4.98 Å². The van der Waals surface area contributed by atoms with E-state index in [0.717, 1.165) is 24.2 Å². The van der Waals surface area contributed by atoms with Gasteiger partial charge in [-0.25, -0.2) is 4.98 Å².